The molecule has 0 radical (unpaired) electrons. The number of urea groups is 1. The zero-order chi connectivity index (χ0) is 18.3. The van der Waals surface area contributed by atoms with E-state index in [1.165, 1.54) is 69.1 Å². The van der Waals surface area contributed by atoms with Crippen molar-refractivity contribution in [2.75, 3.05) is 26.3 Å². The predicted octanol–water partition coefficient (Wildman–Crippen LogP) is 4.52. The van der Waals surface area contributed by atoms with E-state index in [0.717, 1.165) is 25.9 Å². The summed E-state index contributed by atoms with van der Waals surface area (Å²) in [5.74, 6) is -0.0964. The number of hydrogen-bond acceptors (Lipinski definition) is 3. The van der Waals surface area contributed by atoms with Crippen molar-refractivity contribution in [3.05, 3.63) is 0 Å². The minimum absolute atomic E-state index is 0.0964. The fraction of sp³-hybridized carbons (Fsp3) is 0.900. The third-order valence-corrected chi connectivity index (χ3v) is 4.93. The van der Waals surface area contributed by atoms with Gasteiger partial charge in [-0.05, 0) is 25.9 Å². The van der Waals surface area contributed by atoms with Gasteiger partial charge in [-0.15, -0.1) is 0 Å². The Balaban J connectivity index is 2.30. The van der Waals surface area contributed by atoms with Crippen LogP contribution in [-0.2, 0) is 4.79 Å². The van der Waals surface area contributed by atoms with Gasteiger partial charge in [0.25, 0.3) is 5.91 Å². The lowest BCUT2D eigenvalue weighted by molar-refractivity contribution is -0.126. The fourth-order valence-corrected chi connectivity index (χ4v) is 3.28. The van der Waals surface area contributed by atoms with E-state index >= 15 is 0 Å². The number of carbonyl (C=O) groups excluding carboxylic acids is 2. The van der Waals surface area contributed by atoms with Gasteiger partial charge in [-0.3, -0.25) is 9.69 Å². The van der Waals surface area contributed by atoms with Crippen molar-refractivity contribution < 1.29 is 9.59 Å². The smallest absolute Gasteiger partial charge is 0.325 e. The molecule has 0 spiro atoms. The molecular weight excluding hydrogens is 314 g/mol. The molecule has 146 valence electrons. The van der Waals surface area contributed by atoms with Crippen LogP contribution in [0.3, 0.4) is 0 Å². The Bertz CT molecular complexity index is 342. The highest BCUT2D eigenvalue weighted by atomic mass is 16.2. The summed E-state index contributed by atoms with van der Waals surface area (Å²) in [6.45, 7) is 7.05. The number of unbranched alkanes of at least 4 members (excludes halogenated alkanes) is 10. The van der Waals surface area contributed by atoms with Crippen LogP contribution >= 0.6 is 0 Å². The van der Waals surface area contributed by atoms with Crippen LogP contribution in [0.25, 0.3) is 0 Å². The van der Waals surface area contributed by atoms with E-state index in [4.69, 9.17) is 0 Å². The summed E-state index contributed by atoms with van der Waals surface area (Å²) in [4.78, 5) is 27.3. The fourth-order valence-electron chi connectivity index (χ4n) is 3.28. The first-order valence-corrected chi connectivity index (χ1v) is 10.5. The van der Waals surface area contributed by atoms with E-state index in [9.17, 15) is 9.59 Å². The van der Waals surface area contributed by atoms with Crippen molar-refractivity contribution in [1.82, 2.24) is 15.1 Å². The summed E-state index contributed by atoms with van der Waals surface area (Å²) < 4.78 is 0. The van der Waals surface area contributed by atoms with Crippen molar-refractivity contribution in [3.63, 3.8) is 0 Å². The SMILES string of the molecule is CCCCCCCCN(CCCCCCCC)CN1C(=O)CNC1=O. The number of nitrogens with zero attached hydrogens (tertiary/aromatic N) is 2. The molecule has 5 nitrogen and oxygen atoms in total. The molecule has 0 saturated carbocycles. The first-order valence-electron chi connectivity index (χ1n) is 10.5. The van der Waals surface area contributed by atoms with E-state index in [-0.39, 0.29) is 18.5 Å². The summed E-state index contributed by atoms with van der Waals surface area (Å²) in [5, 5.41) is 2.62. The predicted molar refractivity (Wildman–Crippen MR) is 103 cm³/mol. The van der Waals surface area contributed by atoms with Crippen molar-refractivity contribution in [1.29, 1.82) is 0 Å². The van der Waals surface area contributed by atoms with E-state index in [2.05, 4.69) is 24.1 Å². The summed E-state index contributed by atoms with van der Waals surface area (Å²) >= 11 is 0. The summed E-state index contributed by atoms with van der Waals surface area (Å²) in [7, 11) is 0. The lowest BCUT2D eigenvalue weighted by Crippen LogP contribution is -2.42. The number of amides is 3. The Hall–Kier alpha value is -1.10. The first-order chi connectivity index (χ1) is 12.2. The van der Waals surface area contributed by atoms with Gasteiger partial charge in [-0.2, -0.15) is 0 Å². The second kappa shape index (κ2) is 14.1. The molecule has 5 heteroatoms. The average Bonchev–Trinajstić information content (AvgIpc) is 2.92. The van der Waals surface area contributed by atoms with Gasteiger partial charge < -0.3 is 5.32 Å². The molecule has 0 aliphatic carbocycles. The number of carbonyl (C=O) groups is 2. The Morgan fingerprint density at radius 3 is 1.72 bits per heavy atom. The molecule has 0 aromatic rings. The Morgan fingerprint density at radius 2 is 1.28 bits per heavy atom. The third-order valence-electron chi connectivity index (χ3n) is 4.93. The van der Waals surface area contributed by atoms with Crippen molar-refractivity contribution in [3.8, 4) is 0 Å². The van der Waals surface area contributed by atoms with E-state index in [0.29, 0.717) is 6.67 Å². The molecule has 1 aliphatic heterocycles. The Morgan fingerprint density at radius 1 is 0.800 bits per heavy atom. The quantitative estimate of drug-likeness (QED) is 0.328. The molecule has 25 heavy (non-hydrogen) atoms. The highest BCUT2D eigenvalue weighted by Gasteiger charge is 2.29. The van der Waals surface area contributed by atoms with Crippen LogP contribution < -0.4 is 5.32 Å². The van der Waals surface area contributed by atoms with Gasteiger partial charge in [0.05, 0.1) is 13.2 Å². The van der Waals surface area contributed by atoms with E-state index < -0.39 is 0 Å². The zero-order valence-corrected chi connectivity index (χ0v) is 16.5. The Kier molecular flexibility index (Phi) is 12.4. The van der Waals surface area contributed by atoms with Crippen LogP contribution in [0.1, 0.15) is 90.9 Å². The molecule has 3 amide bonds. The highest BCUT2D eigenvalue weighted by molar-refractivity contribution is 6.01. The maximum Gasteiger partial charge on any atom is 0.325 e. The number of imide groups is 1. The molecule has 1 fully saturated rings. The standard InChI is InChI=1S/C20H39N3O2/c1-3-5-7-9-11-13-15-22(16-14-12-10-8-6-4-2)18-23-19(24)17-21-20(23)25/h3-18H2,1-2H3,(H,21,25). The second-order valence-corrected chi connectivity index (χ2v) is 7.28. The molecule has 0 bridgehead atoms. The monoisotopic (exact) mass is 353 g/mol. The summed E-state index contributed by atoms with van der Waals surface area (Å²) in [6, 6.07) is -0.235. The van der Waals surface area contributed by atoms with Gasteiger partial charge in [0, 0.05) is 0 Å². The summed E-state index contributed by atoms with van der Waals surface area (Å²) in [6.07, 6.45) is 15.2. The lowest BCUT2D eigenvalue weighted by atomic mass is 10.1. The van der Waals surface area contributed by atoms with Gasteiger partial charge in [0.2, 0.25) is 0 Å². The molecule has 1 heterocycles. The maximum absolute atomic E-state index is 11.8. The van der Waals surface area contributed by atoms with Gasteiger partial charge >= 0.3 is 6.03 Å². The van der Waals surface area contributed by atoms with Crippen LogP contribution in [0.15, 0.2) is 0 Å². The van der Waals surface area contributed by atoms with E-state index in [1.54, 1.807) is 0 Å². The molecule has 0 unspecified atom stereocenters. The highest BCUT2D eigenvalue weighted by Crippen LogP contribution is 2.10. The second-order valence-electron chi connectivity index (χ2n) is 7.28. The molecule has 1 rings (SSSR count). The molecule has 1 saturated heterocycles. The van der Waals surface area contributed by atoms with Crippen LogP contribution in [0.4, 0.5) is 4.79 Å². The maximum atomic E-state index is 11.8. The third kappa shape index (κ3) is 9.83. The Labute approximate surface area is 154 Å². The normalized spacial score (nSPS) is 14.6. The molecule has 0 aromatic heterocycles. The van der Waals surface area contributed by atoms with Crippen molar-refractivity contribution in [2.45, 2.75) is 90.9 Å². The van der Waals surface area contributed by atoms with Crippen LogP contribution in [0.5, 0.6) is 0 Å². The zero-order valence-electron chi connectivity index (χ0n) is 16.5. The van der Waals surface area contributed by atoms with Crippen LogP contribution in [-0.4, -0.2) is 48.0 Å². The first kappa shape index (κ1) is 21.9. The topological polar surface area (TPSA) is 52.6 Å². The largest absolute Gasteiger partial charge is 0.328 e. The molecular formula is C20H39N3O2. The van der Waals surface area contributed by atoms with Crippen molar-refractivity contribution >= 4 is 11.9 Å². The van der Waals surface area contributed by atoms with E-state index in [1.807, 2.05) is 0 Å². The number of nitrogens with one attached hydrogen (secondary N) is 1. The average molecular weight is 354 g/mol. The van der Waals surface area contributed by atoms with Gasteiger partial charge in [-0.1, -0.05) is 78.1 Å². The molecule has 0 atom stereocenters. The summed E-state index contributed by atoms with van der Waals surface area (Å²) in [5.41, 5.74) is 0. The van der Waals surface area contributed by atoms with Gasteiger partial charge in [0.1, 0.15) is 0 Å². The van der Waals surface area contributed by atoms with Gasteiger partial charge in [-0.25, -0.2) is 9.69 Å². The molecule has 0 aromatic carbocycles. The minimum Gasteiger partial charge on any atom is -0.328 e. The minimum atomic E-state index is -0.235. The van der Waals surface area contributed by atoms with Crippen LogP contribution in [0.2, 0.25) is 0 Å². The van der Waals surface area contributed by atoms with Crippen molar-refractivity contribution in [2.24, 2.45) is 0 Å². The molecule has 1 N–H and O–H groups in total. The van der Waals surface area contributed by atoms with Gasteiger partial charge in [0.15, 0.2) is 0 Å². The molecule has 1 aliphatic rings. The lowest BCUT2D eigenvalue weighted by Gasteiger charge is -2.26. The number of rotatable bonds is 16. The number of hydrogen-bond donors (Lipinski definition) is 1. The van der Waals surface area contributed by atoms with Crippen LogP contribution in [0, 0.1) is 0 Å².